The highest BCUT2D eigenvalue weighted by molar-refractivity contribution is 5.77. The summed E-state index contributed by atoms with van der Waals surface area (Å²) in [6.45, 7) is 4.90. The molecule has 0 spiro atoms. The minimum absolute atomic E-state index is 0.0123. The number of amides is 1. The maximum atomic E-state index is 12.1. The van der Waals surface area contributed by atoms with Gasteiger partial charge in [-0.3, -0.25) is 4.79 Å². The molecule has 0 unspecified atom stereocenters. The van der Waals surface area contributed by atoms with Crippen LogP contribution in [0.3, 0.4) is 0 Å². The first-order valence-corrected chi connectivity index (χ1v) is 10.5. The van der Waals surface area contributed by atoms with Gasteiger partial charge < -0.3 is 15.0 Å². The number of rotatable bonds is 8. The van der Waals surface area contributed by atoms with Crippen molar-refractivity contribution in [2.75, 3.05) is 13.2 Å². The minimum Gasteiger partial charge on any atom is -0.484 e. The molecule has 0 fully saturated rings. The zero-order chi connectivity index (χ0) is 21.7. The fourth-order valence-electron chi connectivity index (χ4n) is 3.63. The molecule has 0 aliphatic rings. The Morgan fingerprint density at radius 2 is 1.61 bits per heavy atom. The fraction of sp³-hybridized carbons (Fsp3) is 0.231. The number of hydrogen-bond donors (Lipinski definition) is 2. The van der Waals surface area contributed by atoms with Crippen LogP contribution >= 0.6 is 0 Å². The number of carbonyl (C=O) groups is 1. The van der Waals surface area contributed by atoms with Crippen LogP contribution in [0.15, 0.2) is 78.9 Å². The third-order valence-electron chi connectivity index (χ3n) is 5.56. The van der Waals surface area contributed by atoms with E-state index in [0.29, 0.717) is 18.7 Å². The van der Waals surface area contributed by atoms with Crippen LogP contribution in [0.5, 0.6) is 5.75 Å². The normalized spacial score (nSPS) is 11.4. The maximum Gasteiger partial charge on any atom is 0.257 e. The van der Waals surface area contributed by atoms with E-state index >= 15 is 0 Å². The van der Waals surface area contributed by atoms with Gasteiger partial charge in [-0.05, 0) is 35.4 Å². The highest BCUT2D eigenvalue weighted by atomic mass is 16.5. The van der Waals surface area contributed by atoms with Crippen LogP contribution in [0.4, 0.5) is 0 Å². The molecule has 0 saturated carbocycles. The van der Waals surface area contributed by atoms with Gasteiger partial charge in [0.15, 0.2) is 6.61 Å². The highest BCUT2D eigenvalue weighted by Crippen LogP contribution is 2.32. The summed E-state index contributed by atoms with van der Waals surface area (Å²) in [4.78, 5) is 19.9. The third-order valence-corrected chi connectivity index (χ3v) is 5.56. The van der Waals surface area contributed by atoms with Gasteiger partial charge >= 0.3 is 0 Å². The number of nitrogens with one attached hydrogen (secondary N) is 2. The number of nitrogens with zero attached hydrogens (tertiary/aromatic N) is 1. The molecule has 0 saturated heterocycles. The molecule has 1 aromatic heterocycles. The molecule has 4 aromatic rings. The fourth-order valence-corrected chi connectivity index (χ4v) is 3.63. The predicted octanol–water partition coefficient (Wildman–Crippen LogP) is 4.63. The van der Waals surface area contributed by atoms with Crippen molar-refractivity contribution < 1.29 is 9.53 Å². The Morgan fingerprint density at radius 3 is 2.35 bits per heavy atom. The van der Waals surface area contributed by atoms with Gasteiger partial charge in [-0.15, -0.1) is 0 Å². The van der Waals surface area contributed by atoms with Crippen molar-refractivity contribution in [2.24, 2.45) is 0 Å². The number of imidazole rings is 1. The summed E-state index contributed by atoms with van der Waals surface area (Å²) in [6.07, 6.45) is 0.643. The zero-order valence-corrected chi connectivity index (χ0v) is 17.9. The second-order valence-electron chi connectivity index (χ2n) is 8.10. The van der Waals surface area contributed by atoms with E-state index in [1.807, 2.05) is 42.5 Å². The third kappa shape index (κ3) is 4.94. The summed E-state index contributed by atoms with van der Waals surface area (Å²) < 4.78 is 5.66. The number of H-pyrrole nitrogens is 1. The van der Waals surface area contributed by atoms with Gasteiger partial charge in [-0.1, -0.05) is 68.4 Å². The van der Waals surface area contributed by atoms with Crippen LogP contribution in [0.2, 0.25) is 0 Å². The topological polar surface area (TPSA) is 67.0 Å². The number of fused-ring (bicyclic) bond motifs is 1. The average Bonchev–Trinajstić information content (AvgIpc) is 3.21. The largest absolute Gasteiger partial charge is 0.484 e. The van der Waals surface area contributed by atoms with Crippen molar-refractivity contribution in [2.45, 2.75) is 25.7 Å². The first-order valence-electron chi connectivity index (χ1n) is 10.5. The molecule has 2 N–H and O–H groups in total. The van der Waals surface area contributed by atoms with Gasteiger partial charge in [0.25, 0.3) is 5.91 Å². The Kier molecular flexibility index (Phi) is 6.03. The second-order valence-corrected chi connectivity index (χ2v) is 8.10. The maximum absolute atomic E-state index is 12.1. The summed E-state index contributed by atoms with van der Waals surface area (Å²) in [5.74, 6) is 1.39. The number of carbonyl (C=O) groups excluding carboxylic acids is 1. The van der Waals surface area contributed by atoms with Gasteiger partial charge in [0.2, 0.25) is 0 Å². The summed E-state index contributed by atoms with van der Waals surface area (Å²) in [6, 6.07) is 26.3. The first-order chi connectivity index (χ1) is 15.0. The lowest BCUT2D eigenvalue weighted by atomic mass is 9.78. The summed E-state index contributed by atoms with van der Waals surface area (Å²) in [5.41, 5.74) is 4.29. The molecule has 1 heterocycles. The smallest absolute Gasteiger partial charge is 0.257 e. The molecule has 0 radical (unpaired) electrons. The van der Waals surface area contributed by atoms with Crippen molar-refractivity contribution in [1.29, 1.82) is 0 Å². The van der Waals surface area contributed by atoms with Gasteiger partial charge in [0, 0.05) is 18.4 Å². The van der Waals surface area contributed by atoms with Gasteiger partial charge in [-0.2, -0.15) is 0 Å². The standard InChI is InChI=1S/C26H27N3O2/c1-26(2,19-8-4-3-5-9-19)20-12-14-21(15-13-20)31-18-25(30)27-17-16-24-28-22-10-6-7-11-23(22)29-24/h3-15H,16-18H2,1-2H3,(H,27,30)(H,28,29). The Labute approximate surface area is 182 Å². The second kappa shape index (κ2) is 9.04. The lowest BCUT2D eigenvalue weighted by Crippen LogP contribution is -2.30. The number of aromatic amines is 1. The number of aromatic nitrogens is 2. The van der Waals surface area contributed by atoms with E-state index in [4.69, 9.17) is 4.74 Å². The summed E-state index contributed by atoms with van der Waals surface area (Å²) in [7, 11) is 0. The van der Waals surface area contributed by atoms with Crippen molar-refractivity contribution in [3.63, 3.8) is 0 Å². The molecule has 5 heteroatoms. The molecule has 5 nitrogen and oxygen atoms in total. The minimum atomic E-state index is -0.148. The summed E-state index contributed by atoms with van der Waals surface area (Å²) in [5, 5.41) is 2.88. The van der Waals surface area contributed by atoms with E-state index < -0.39 is 0 Å². The molecular weight excluding hydrogens is 386 g/mol. The average molecular weight is 414 g/mol. The number of hydrogen-bond acceptors (Lipinski definition) is 3. The van der Waals surface area contributed by atoms with E-state index in [9.17, 15) is 4.79 Å². The number of benzene rings is 3. The molecule has 0 bridgehead atoms. The van der Waals surface area contributed by atoms with Crippen LogP contribution in [0, 0.1) is 0 Å². The molecule has 158 valence electrons. The van der Waals surface area contributed by atoms with Gasteiger partial charge in [0.05, 0.1) is 11.0 Å². The van der Waals surface area contributed by atoms with Gasteiger partial charge in [-0.25, -0.2) is 4.98 Å². The molecule has 0 aliphatic carbocycles. The lowest BCUT2D eigenvalue weighted by molar-refractivity contribution is -0.123. The first kappa shape index (κ1) is 20.7. The molecular formula is C26H27N3O2. The van der Waals surface area contributed by atoms with E-state index in [1.54, 1.807) is 0 Å². The van der Waals surface area contributed by atoms with Crippen LogP contribution < -0.4 is 10.1 Å². The van der Waals surface area contributed by atoms with Crippen LogP contribution in [-0.2, 0) is 16.6 Å². The van der Waals surface area contributed by atoms with E-state index in [2.05, 4.69) is 65.5 Å². The van der Waals surface area contributed by atoms with E-state index in [0.717, 1.165) is 16.9 Å². The van der Waals surface area contributed by atoms with Crippen molar-refractivity contribution in [1.82, 2.24) is 15.3 Å². The number of para-hydroxylation sites is 2. The Bertz CT molecular complexity index is 1120. The van der Waals surface area contributed by atoms with E-state index in [1.165, 1.54) is 11.1 Å². The van der Waals surface area contributed by atoms with E-state index in [-0.39, 0.29) is 17.9 Å². The van der Waals surface area contributed by atoms with Crippen LogP contribution in [0.25, 0.3) is 11.0 Å². The lowest BCUT2D eigenvalue weighted by Gasteiger charge is -2.26. The van der Waals surface area contributed by atoms with Crippen molar-refractivity contribution in [3.05, 3.63) is 95.8 Å². The molecule has 4 rings (SSSR count). The molecule has 3 aromatic carbocycles. The van der Waals surface area contributed by atoms with Crippen molar-refractivity contribution in [3.8, 4) is 5.75 Å². The Morgan fingerprint density at radius 1 is 0.935 bits per heavy atom. The molecule has 31 heavy (non-hydrogen) atoms. The van der Waals surface area contributed by atoms with Gasteiger partial charge in [0.1, 0.15) is 11.6 Å². The highest BCUT2D eigenvalue weighted by Gasteiger charge is 2.22. The van der Waals surface area contributed by atoms with Crippen LogP contribution in [-0.4, -0.2) is 29.0 Å². The monoisotopic (exact) mass is 413 g/mol. The molecule has 0 aliphatic heterocycles. The van der Waals surface area contributed by atoms with Crippen LogP contribution in [0.1, 0.15) is 30.8 Å². The Hall–Kier alpha value is -3.60. The van der Waals surface area contributed by atoms with Crippen molar-refractivity contribution >= 4 is 16.9 Å². The SMILES string of the molecule is CC(C)(c1ccccc1)c1ccc(OCC(=O)NCCc2nc3ccccc3[nH]2)cc1. The molecule has 1 amide bonds. The zero-order valence-electron chi connectivity index (χ0n) is 17.9. The Balaban J connectivity index is 1.25. The quantitative estimate of drug-likeness (QED) is 0.443. The predicted molar refractivity (Wildman–Crippen MR) is 123 cm³/mol. The summed E-state index contributed by atoms with van der Waals surface area (Å²) >= 11 is 0. The molecule has 0 atom stereocenters. The number of ether oxygens (including phenoxy) is 1.